The van der Waals surface area contributed by atoms with Crippen LogP contribution >= 0.6 is 11.6 Å². The summed E-state index contributed by atoms with van der Waals surface area (Å²) < 4.78 is 0. The molecule has 2 aromatic rings. The topological polar surface area (TPSA) is 17.1 Å². The van der Waals surface area contributed by atoms with E-state index in [0.29, 0.717) is 6.42 Å². The predicted molar refractivity (Wildman–Crippen MR) is 85.0 cm³/mol. The second-order valence-electron chi connectivity index (χ2n) is 4.73. The van der Waals surface area contributed by atoms with Crippen LogP contribution in [0.2, 0.25) is 5.02 Å². The first-order valence-corrected chi connectivity index (χ1v) is 7.02. The monoisotopic (exact) mass is 284 g/mol. The van der Waals surface area contributed by atoms with Gasteiger partial charge in [0.1, 0.15) is 5.78 Å². The number of hydrogen-bond acceptors (Lipinski definition) is 1. The van der Waals surface area contributed by atoms with E-state index in [1.165, 1.54) is 0 Å². The molecule has 2 heteroatoms. The molecule has 1 unspecified atom stereocenters. The molecule has 0 aromatic heterocycles. The van der Waals surface area contributed by atoms with Gasteiger partial charge < -0.3 is 0 Å². The maximum absolute atomic E-state index is 11.8. The molecule has 1 nitrogen and oxygen atoms in total. The second-order valence-corrected chi connectivity index (χ2v) is 5.14. The Balaban J connectivity index is 2.11. The van der Waals surface area contributed by atoms with Gasteiger partial charge in [0.2, 0.25) is 0 Å². The number of allylic oxidation sites excluding steroid dienone is 1. The molecule has 2 rings (SSSR count). The molecule has 0 amide bonds. The van der Waals surface area contributed by atoms with Gasteiger partial charge in [0.15, 0.2) is 0 Å². The fourth-order valence-electron chi connectivity index (χ4n) is 2.16. The maximum Gasteiger partial charge on any atom is 0.137 e. The Morgan fingerprint density at radius 2 is 1.75 bits per heavy atom. The van der Waals surface area contributed by atoms with Crippen molar-refractivity contribution >= 4 is 23.5 Å². The summed E-state index contributed by atoms with van der Waals surface area (Å²) in [6.07, 6.45) is 4.67. The fraction of sp³-hybridized carbons (Fsp3) is 0.167. The van der Waals surface area contributed by atoms with Crippen molar-refractivity contribution in [3.05, 3.63) is 76.8 Å². The zero-order valence-corrected chi connectivity index (χ0v) is 12.2. The SMILES string of the molecule is CC(=O)C(C/C=C/c1ccccc1Cl)c1ccccc1. The summed E-state index contributed by atoms with van der Waals surface area (Å²) in [4.78, 5) is 11.8. The van der Waals surface area contributed by atoms with Crippen LogP contribution in [0.3, 0.4) is 0 Å². The van der Waals surface area contributed by atoms with Crippen LogP contribution in [0.25, 0.3) is 6.08 Å². The smallest absolute Gasteiger partial charge is 0.137 e. The molecule has 0 saturated carbocycles. The maximum atomic E-state index is 11.8. The molecule has 0 aliphatic rings. The highest BCUT2D eigenvalue weighted by molar-refractivity contribution is 6.32. The van der Waals surface area contributed by atoms with Gasteiger partial charge in [-0.15, -0.1) is 0 Å². The summed E-state index contributed by atoms with van der Waals surface area (Å²) >= 11 is 6.10. The number of halogens is 1. The number of carbonyl (C=O) groups excluding carboxylic acids is 1. The third-order valence-corrected chi connectivity index (χ3v) is 3.61. The van der Waals surface area contributed by atoms with Gasteiger partial charge in [0.25, 0.3) is 0 Å². The summed E-state index contributed by atoms with van der Waals surface area (Å²) in [5, 5.41) is 0.725. The molecule has 1 atom stereocenters. The summed E-state index contributed by atoms with van der Waals surface area (Å²) in [5.41, 5.74) is 2.04. The van der Waals surface area contributed by atoms with Gasteiger partial charge in [-0.3, -0.25) is 4.79 Å². The first-order valence-electron chi connectivity index (χ1n) is 6.65. The molecule has 20 heavy (non-hydrogen) atoms. The Morgan fingerprint density at radius 3 is 2.40 bits per heavy atom. The van der Waals surface area contributed by atoms with E-state index in [4.69, 9.17) is 11.6 Å². The van der Waals surface area contributed by atoms with E-state index >= 15 is 0 Å². The van der Waals surface area contributed by atoms with Crippen molar-refractivity contribution in [1.29, 1.82) is 0 Å². The number of ketones is 1. The summed E-state index contributed by atoms with van der Waals surface area (Å²) in [6.45, 7) is 1.64. The van der Waals surface area contributed by atoms with Crippen molar-refractivity contribution in [2.24, 2.45) is 0 Å². The van der Waals surface area contributed by atoms with E-state index in [2.05, 4.69) is 0 Å². The minimum atomic E-state index is -0.0880. The van der Waals surface area contributed by atoms with Gasteiger partial charge in [-0.2, -0.15) is 0 Å². The molecule has 0 spiro atoms. The molecule has 0 saturated heterocycles. The highest BCUT2D eigenvalue weighted by Gasteiger charge is 2.14. The molecule has 2 aromatic carbocycles. The second kappa shape index (κ2) is 7.06. The van der Waals surface area contributed by atoms with Crippen molar-refractivity contribution in [3.63, 3.8) is 0 Å². The molecule has 0 aliphatic carbocycles. The van der Waals surface area contributed by atoms with E-state index in [9.17, 15) is 4.79 Å². The molecule has 0 aliphatic heterocycles. The number of Topliss-reactive ketones (excluding diaryl/α,β-unsaturated/α-hetero) is 1. The Bertz CT molecular complexity index is 602. The van der Waals surface area contributed by atoms with Crippen LogP contribution in [0, 0.1) is 0 Å². The lowest BCUT2D eigenvalue weighted by Crippen LogP contribution is -2.07. The standard InChI is InChI=1S/C18H17ClO/c1-14(20)17(15-8-3-2-4-9-15)12-7-11-16-10-5-6-13-18(16)19/h2-11,13,17H,12H2,1H3/b11-7+. The van der Waals surface area contributed by atoms with Gasteiger partial charge in [-0.05, 0) is 30.5 Å². The molecule has 0 radical (unpaired) electrons. The Hall–Kier alpha value is -1.86. The number of rotatable bonds is 5. The summed E-state index contributed by atoms with van der Waals surface area (Å²) in [6, 6.07) is 17.6. The predicted octanol–water partition coefficient (Wildman–Crippen LogP) is 5.12. The highest BCUT2D eigenvalue weighted by Crippen LogP contribution is 2.23. The lowest BCUT2D eigenvalue weighted by molar-refractivity contribution is -0.118. The van der Waals surface area contributed by atoms with Crippen LogP contribution in [0.5, 0.6) is 0 Å². The largest absolute Gasteiger partial charge is 0.299 e. The van der Waals surface area contributed by atoms with E-state index in [-0.39, 0.29) is 11.7 Å². The molecule has 0 fully saturated rings. The zero-order valence-electron chi connectivity index (χ0n) is 11.4. The highest BCUT2D eigenvalue weighted by atomic mass is 35.5. The Kier molecular flexibility index (Phi) is 5.14. The molecule has 0 N–H and O–H groups in total. The Morgan fingerprint density at radius 1 is 1.10 bits per heavy atom. The van der Waals surface area contributed by atoms with Gasteiger partial charge in [0, 0.05) is 10.9 Å². The zero-order chi connectivity index (χ0) is 14.4. The van der Waals surface area contributed by atoms with Gasteiger partial charge in [0.05, 0.1) is 0 Å². The van der Waals surface area contributed by atoms with Crippen LogP contribution in [-0.4, -0.2) is 5.78 Å². The third-order valence-electron chi connectivity index (χ3n) is 3.27. The number of carbonyl (C=O) groups is 1. The van der Waals surface area contributed by atoms with Gasteiger partial charge in [-0.1, -0.05) is 72.3 Å². The average molecular weight is 285 g/mol. The van der Waals surface area contributed by atoms with Crippen LogP contribution in [0.15, 0.2) is 60.7 Å². The van der Waals surface area contributed by atoms with Crippen LogP contribution in [0.4, 0.5) is 0 Å². The van der Waals surface area contributed by atoms with Crippen LogP contribution in [-0.2, 0) is 4.79 Å². The van der Waals surface area contributed by atoms with Crippen molar-refractivity contribution in [2.45, 2.75) is 19.3 Å². The lowest BCUT2D eigenvalue weighted by atomic mass is 9.92. The lowest BCUT2D eigenvalue weighted by Gasteiger charge is -2.11. The first kappa shape index (κ1) is 14.5. The van der Waals surface area contributed by atoms with Crippen LogP contribution < -0.4 is 0 Å². The summed E-state index contributed by atoms with van der Waals surface area (Å²) in [7, 11) is 0. The minimum absolute atomic E-state index is 0.0880. The van der Waals surface area contributed by atoms with E-state index < -0.39 is 0 Å². The first-order chi connectivity index (χ1) is 9.68. The Labute approximate surface area is 124 Å². The fourth-order valence-corrected chi connectivity index (χ4v) is 2.36. The molecule has 0 bridgehead atoms. The molecular weight excluding hydrogens is 268 g/mol. The molecule has 0 heterocycles. The summed E-state index contributed by atoms with van der Waals surface area (Å²) in [5.74, 6) is 0.0925. The van der Waals surface area contributed by atoms with Gasteiger partial charge >= 0.3 is 0 Å². The van der Waals surface area contributed by atoms with E-state index in [1.54, 1.807) is 6.92 Å². The average Bonchev–Trinajstić information content (AvgIpc) is 2.46. The number of benzene rings is 2. The van der Waals surface area contributed by atoms with Crippen molar-refractivity contribution in [2.75, 3.05) is 0 Å². The minimum Gasteiger partial charge on any atom is -0.299 e. The third kappa shape index (κ3) is 3.82. The van der Waals surface area contributed by atoms with Gasteiger partial charge in [-0.25, -0.2) is 0 Å². The quantitative estimate of drug-likeness (QED) is 0.745. The van der Waals surface area contributed by atoms with Crippen molar-refractivity contribution < 1.29 is 4.79 Å². The molecular formula is C18H17ClO. The van der Waals surface area contributed by atoms with E-state index in [0.717, 1.165) is 16.1 Å². The number of hydrogen-bond donors (Lipinski definition) is 0. The van der Waals surface area contributed by atoms with E-state index in [1.807, 2.05) is 66.7 Å². The van der Waals surface area contributed by atoms with Crippen LogP contribution in [0.1, 0.15) is 30.4 Å². The normalized spacial score (nSPS) is 12.5. The molecule has 102 valence electrons. The van der Waals surface area contributed by atoms with Crippen molar-refractivity contribution in [3.8, 4) is 0 Å². The van der Waals surface area contributed by atoms with Crippen molar-refractivity contribution in [1.82, 2.24) is 0 Å².